The number of nitrogens with one attached hydrogen (secondary N) is 1. The predicted molar refractivity (Wildman–Crippen MR) is 123 cm³/mol. The smallest absolute Gasteiger partial charge is 0.276 e. The summed E-state index contributed by atoms with van der Waals surface area (Å²) in [5.41, 5.74) is 1.11. The maximum absolute atomic E-state index is 13.0. The van der Waals surface area contributed by atoms with E-state index in [1.54, 1.807) is 62.6 Å². The van der Waals surface area contributed by atoms with E-state index in [2.05, 4.69) is 17.3 Å². The van der Waals surface area contributed by atoms with E-state index >= 15 is 0 Å². The molecule has 0 saturated heterocycles. The first-order chi connectivity index (χ1) is 14.9. The van der Waals surface area contributed by atoms with Gasteiger partial charge in [-0.25, -0.2) is 4.68 Å². The molecule has 0 fully saturated rings. The fraction of sp³-hybridized carbons (Fsp3) is 0.333. The fourth-order valence-corrected chi connectivity index (χ4v) is 3.39. The number of nitrogens with zero attached hydrogens (tertiary/aromatic N) is 3. The Labute approximate surface area is 181 Å². The molecule has 2 amide bonds. The van der Waals surface area contributed by atoms with Gasteiger partial charge in [-0.05, 0) is 36.8 Å². The van der Waals surface area contributed by atoms with E-state index in [0.29, 0.717) is 28.6 Å². The number of amides is 2. The molecule has 3 aromatic rings. The summed E-state index contributed by atoms with van der Waals surface area (Å²) in [6.45, 7) is 2.61. The van der Waals surface area contributed by atoms with Crippen LogP contribution >= 0.6 is 0 Å². The van der Waals surface area contributed by atoms with Crippen LogP contribution in [0.3, 0.4) is 0 Å². The highest BCUT2D eigenvalue weighted by Crippen LogP contribution is 2.17. The molecule has 1 heterocycles. The zero-order valence-electron chi connectivity index (χ0n) is 18.2. The minimum absolute atomic E-state index is 0.110. The Morgan fingerprint density at radius 2 is 1.65 bits per heavy atom. The lowest BCUT2D eigenvalue weighted by molar-refractivity contribution is 0.0827. The van der Waals surface area contributed by atoms with E-state index in [9.17, 15) is 14.4 Å². The molecule has 0 bridgehead atoms. The molecule has 0 spiro atoms. The van der Waals surface area contributed by atoms with Gasteiger partial charge >= 0.3 is 0 Å². The molecule has 162 valence electrons. The van der Waals surface area contributed by atoms with E-state index in [1.807, 2.05) is 0 Å². The Bertz CT molecular complexity index is 1130. The minimum atomic E-state index is -0.398. The number of rotatable bonds is 8. The average molecular weight is 421 g/mol. The average Bonchev–Trinajstić information content (AvgIpc) is 2.78. The van der Waals surface area contributed by atoms with Crippen LogP contribution in [0, 0.1) is 0 Å². The van der Waals surface area contributed by atoms with Crippen molar-refractivity contribution in [3.8, 4) is 0 Å². The minimum Gasteiger partial charge on any atom is -0.345 e. The van der Waals surface area contributed by atoms with Gasteiger partial charge in [0.25, 0.3) is 17.4 Å². The number of aryl methyl sites for hydroxylation is 1. The monoisotopic (exact) mass is 420 g/mol. The summed E-state index contributed by atoms with van der Waals surface area (Å²) in [4.78, 5) is 39.4. The second-order valence-corrected chi connectivity index (χ2v) is 7.71. The lowest BCUT2D eigenvalue weighted by atomic mass is 10.1. The molecule has 3 rings (SSSR count). The number of benzene rings is 2. The second-order valence-electron chi connectivity index (χ2n) is 7.71. The first-order valence-corrected chi connectivity index (χ1v) is 10.5. The molecule has 0 aliphatic carbocycles. The summed E-state index contributed by atoms with van der Waals surface area (Å²) >= 11 is 0. The van der Waals surface area contributed by atoms with Crippen molar-refractivity contribution in [3.63, 3.8) is 0 Å². The zero-order valence-corrected chi connectivity index (χ0v) is 18.2. The molecule has 1 N–H and O–H groups in total. The van der Waals surface area contributed by atoms with Crippen molar-refractivity contribution in [2.24, 2.45) is 0 Å². The second kappa shape index (κ2) is 10.0. The van der Waals surface area contributed by atoms with Gasteiger partial charge in [0.2, 0.25) is 0 Å². The number of carbonyl (C=O) groups is 2. The maximum atomic E-state index is 13.0. The van der Waals surface area contributed by atoms with E-state index in [4.69, 9.17) is 0 Å². The molecule has 31 heavy (non-hydrogen) atoms. The number of hydrogen-bond donors (Lipinski definition) is 1. The number of unbranched alkanes of at least 4 members (excludes halogenated alkanes) is 3. The van der Waals surface area contributed by atoms with Crippen LogP contribution in [-0.2, 0) is 6.54 Å². The van der Waals surface area contributed by atoms with E-state index in [1.165, 1.54) is 9.58 Å². The quantitative estimate of drug-likeness (QED) is 0.560. The zero-order chi connectivity index (χ0) is 22.4. The third-order valence-corrected chi connectivity index (χ3v) is 5.10. The van der Waals surface area contributed by atoms with Gasteiger partial charge in [0.05, 0.1) is 5.39 Å². The van der Waals surface area contributed by atoms with E-state index < -0.39 is 5.91 Å². The van der Waals surface area contributed by atoms with Gasteiger partial charge in [0, 0.05) is 37.3 Å². The molecule has 0 saturated carbocycles. The molecular formula is C24H28N4O3. The summed E-state index contributed by atoms with van der Waals surface area (Å²) in [5.74, 6) is -0.508. The van der Waals surface area contributed by atoms with Crippen molar-refractivity contribution in [1.82, 2.24) is 14.7 Å². The van der Waals surface area contributed by atoms with Crippen molar-refractivity contribution in [1.29, 1.82) is 0 Å². The fourth-order valence-electron chi connectivity index (χ4n) is 3.39. The van der Waals surface area contributed by atoms with Crippen LogP contribution in [-0.4, -0.2) is 40.6 Å². The Balaban J connectivity index is 1.88. The van der Waals surface area contributed by atoms with Crippen molar-refractivity contribution >= 4 is 28.3 Å². The summed E-state index contributed by atoms with van der Waals surface area (Å²) in [6, 6.07) is 13.7. The Morgan fingerprint density at radius 1 is 0.968 bits per heavy atom. The van der Waals surface area contributed by atoms with Crippen molar-refractivity contribution < 1.29 is 9.59 Å². The van der Waals surface area contributed by atoms with Crippen LogP contribution in [0.1, 0.15) is 53.5 Å². The highest BCUT2D eigenvalue weighted by atomic mass is 16.2. The molecule has 7 heteroatoms. The van der Waals surface area contributed by atoms with Gasteiger partial charge in [-0.3, -0.25) is 14.4 Å². The number of hydrogen-bond acceptors (Lipinski definition) is 4. The third kappa shape index (κ3) is 5.17. The first kappa shape index (κ1) is 22.2. The Hall–Kier alpha value is -3.48. The maximum Gasteiger partial charge on any atom is 0.276 e. The lowest BCUT2D eigenvalue weighted by Gasteiger charge is -2.12. The van der Waals surface area contributed by atoms with Crippen LogP contribution in [0.4, 0.5) is 5.69 Å². The highest BCUT2D eigenvalue weighted by molar-refractivity contribution is 6.11. The molecular weight excluding hydrogens is 392 g/mol. The van der Waals surface area contributed by atoms with Crippen molar-refractivity contribution in [2.45, 2.75) is 39.2 Å². The molecule has 0 radical (unpaired) electrons. The molecule has 0 atom stereocenters. The molecule has 0 aliphatic rings. The molecule has 7 nitrogen and oxygen atoms in total. The van der Waals surface area contributed by atoms with Crippen molar-refractivity contribution in [3.05, 3.63) is 70.1 Å². The van der Waals surface area contributed by atoms with Gasteiger partial charge in [-0.15, -0.1) is 0 Å². The summed E-state index contributed by atoms with van der Waals surface area (Å²) < 4.78 is 1.39. The largest absolute Gasteiger partial charge is 0.345 e. The number of fused-ring (bicyclic) bond motifs is 1. The van der Waals surface area contributed by atoms with Gasteiger partial charge < -0.3 is 10.2 Å². The van der Waals surface area contributed by atoms with E-state index in [-0.39, 0.29) is 17.2 Å². The van der Waals surface area contributed by atoms with Gasteiger partial charge in [0.1, 0.15) is 0 Å². The Kier molecular flexibility index (Phi) is 7.18. The third-order valence-electron chi connectivity index (χ3n) is 5.10. The lowest BCUT2D eigenvalue weighted by Crippen LogP contribution is -2.27. The van der Waals surface area contributed by atoms with Gasteiger partial charge in [-0.2, -0.15) is 5.10 Å². The Morgan fingerprint density at radius 3 is 2.29 bits per heavy atom. The van der Waals surface area contributed by atoms with Crippen LogP contribution < -0.4 is 10.9 Å². The molecule has 2 aromatic carbocycles. The van der Waals surface area contributed by atoms with Crippen LogP contribution in [0.2, 0.25) is 0 Å². The summed E-state index contributed by atoms with van der Waals surface area (Å²) in [6.07, 6.45) is 4.05. The number of carbonyl (C=O) groups excluding carboxylic acids is 2. The molecule has 0 unspecified atom stereocenters. The van der Waals surface area contributed by atoms with Crippen LogP contribution in [0.5, 0.6) is 0 Å². The van der Waals surface area contributed by atoms with Crippen LogP contribution in [0.15, 0.2) is 53.3 Å². The van der Waals surface area contributed by atoms with Crippen molar-refractivity contribution in [2.75, 3.05) is 19.4 Å². The number of aromatic nitrogens is 2. The highest BCUT2D eigenvalue weighted by Gasteiger charge is 2.17. The summed E-state index contributed by atoms with van der Waals surface area (Å²) in [5, 5.41) is 8.22. The topological polar surface area (TPSA) is 84.3 Å². The SMILES string of the molecule is CCCCCCn1nc(C(=O)Nc2ccc(C(=O)N(C)C)cc2)c2ccccc2c1=O. The molecule has 1 aromatic heterocycles. The van der Waals surface area contributed by atoms with E-state index in [0.717, 1.165) is 25.7 Å². The van der Waals surface area contributed by atoms with Gasteiger partial charge in [0.15, 0.2) is 5.69 Å². The first-order valence-electron chi connectivity index (χ1n) is 10.5. The standard InChI is InChI=1S/C24H28N4O3/c1-4-5-6-9-16-28-24(31)20-11-8-7-10-19(20)21(26-28)22(29)25-18-14-12-17(13-15-18)23(30)27(2)3/h7-8,10-15H,4-6,9,16H2,1-3H3,(H,25,29). The number of anilines is 1. The van der Waals surface area contributed by atoms with Gasteiger partial charge in [-0.1, -0.05) is 44.4 Å². The van der Waals surface area contributed by atoms with Crippen LogP contribution in [0.25, 0.3) is 10.8 Å². The normalized spacial score (nSPS) is 10.8. The molecule has 0 aliphatic heterocycles. The summed E-state index contributed by atoms with van der Waals surface area (Å²) in [7, 11) is 3.37. The predicted octanol–water partition coefficient (Wildman–Crippen LogP) is 3.93.